The SMILES string of the molecule is CC(C)C(=O)NC(=S)Nc1ccc(Nc2ccccc2)cc1. The van der Waals surface area contributed by atoms with Gasteiger partial charge < -0.3 is 16.0 Å². The number of para-hydroxylation sites is 1. The molecule has 0 atom stereocenters. The molecule has 0 aliphatic heterocycles. The fourth-order valence-electron chi connectivity index (χ4n) is 1.74. The van der Waals surface area contributed by atoms with Crippen LogP contribution in [0.15, 0.2) is 54.6 Å². The Hall–Kier alpha value is -2.40. The zero-order chi connectivity index (χ0) is 15.9. The molecule has 1 amide bonds. The minimum atomic E-state index is -0.0998. The van der Waals surface area contributed by atoms with Crippen LogP contribution in [0.5, 0.6) is 0 Å². The average Bonchev–Trinajstić information content (AvgIpc) is 2.50. The van der Waals surface area contributed by atoms with Gasteiger partial charge in [0.25, 0.3) is 0 Å². The molecule has 0 unspecified atom stereocenters. The minimum absolute atomic E-state index is 0.0973. The van der Waals surface area contributed by atoms with Crippen molar-refractivity contribution in [3.8, 4) is 0 Å². The highest BCUT2D eigenvalue weighted by molar-refractivity contribution is 7.80. The van der Waals surface area contributed by atoms with Crippen LogP contribution in [0, 0.1) is 5.92 Å². The molecule has 5 heteroatoms. The van der Waals surface area contributed by atoms with E-state index in [1.54, 1.807) is 0 Å². The summed E-state index contributed by atoms with van der Waals surface area (Å²) in [7, 11) is 0. The fourth-order valence-corrected chi connectivity index (χ4v) is 1.96. The number of amides is 1. The lowest BCUT2D eigenvalue weighted by Gasteiger charge is -2.12. The number of thiocarbonyl (C=S) groups is 1. The first-order valence-electron chi connectivity index (χ1n) is 7.08. The quantitative estimate of drug-likeness (QED) is 0.749. The van der Waals surface area contributed by atoms with Crippen LogP contribution >= 0.6 is 12.2 Å². The zero-order valence-electron chi connectivity index (χ0n) is 12.6. The summed E-state index contributed by atoms with van der Waals surface area (Å²) in [6.45, 7) is 3.64. The maximum atomic E-state index is 11.6. The van der Waals surface area contributed by atoms with E-state index in [9.17, 15) is 4.79 Å². The Morgan fingerprint density at radius 1 is 0.909 bits per heavy atom. The summed E-state index contributed by atoms with van der Waals surface area (Å²) in [5.41, 5.74) is 2.84. The van der Waals surface area contributed by atoms with Crippen molar-refractivity contribution in [2.24, 2.45) is 5.92 Å². The number of hydrogen-bond donors (Lipinski definition) is 3. The van der Waals surface area contributed by atoms with Crippen molar-refractivity contribution >= 4 is 40.3 Å². The van der Waals surface area contributed by atoms with Gasteiger partial charge >= 0.3 is 0 Å². The van der Waals surface area contributed by atoms with Gasteiger partial charge in [0, 0.05) is 23.0 Å². The first-order valence-corrected chi connectivity index (χ1v) is 7.49. The maximum absolute atomic E-state index is 11.6. The molecule has 0 fully saturated rings. The standard InChI is InChI=1S/C17H19N3OS/c1-12(2)16(21)20-17(22)19-15-10-8-14(9-11-15)18-13-6-4-3-5-7-13/h3-12,18H,1-2H3,(H2,19,20,21,22). The largest absolute Gasteiger partial charge is 0.356 e. The van der Waals surface area contributed by atoms with Crippen molar-refractivity contribution in [2.75, 3.05) is 10.6 Å². The van der Waals surface area contributed by atoms with Crippen molar-refractivity contribution < 1.29 is 4.79 Å². The Bertz CT molecular complexity index is 639. The highest BCUT2D eigenvalue weighted by Crippen LogP contribution is 2.18. The van der Waals surface area contributed by atoms with E-state index >= 15 is 0 Å². The smallest absolute Gasteiger partial charge is 0.228 e. The lowest BCUT2D eigenvalue weighted by molar-refractivity contribution is -0.122. The monoisotopic (exact) mass is 313 g/mol. The molecule has 0 heterocycles. The van der Waals surface area contributed by atoms with Gasteiger partial charge in [-0.2, -0.15) is 0 Å². The van der Waals surface area contributed by atoms with Crippen molar-refractivity contribution in [1.82, 2.24) is 5.32 Å². The highest BCUT2D eigenvalue weighted by atomic mass is 32.1. The second-order valence-corrected chi connectivity index (χ2v) is 5.57. The molecule has 0 radical (unpaired) electrons. The Kier molecular flexibility index (Phi) is 5.49. The minimum Gasteiger partial charge on any atom is -0.356 e. The summed E-state index contributed by atoms with van der Waals surface area (Å²) in [6.07, 6.45) is 0. The number of benzene rings is 2. The molecule has 4 nitrogen and oxygen atoms in total. The van der Waals surface area contributed by atoms with Crippen LogP contribution < -0.4 is 16.0 Å². The molecule has 0 aromatic heterocycles. The molecule has 0 aliphatic rings. The van der Waals surface area contributed by atoms with Gasteiger partial charge in [-0.05, 0) is 48.6 Å². The second-order valence-electron chi connectivity index (χ2n) is 5.17. The molecule has 2 aromatic rings. The molecule has 0 bridgehead atoms. The first kappa shape index (κ1) is 16.0. The maximum Gasteiger partial charge on any atom is 0.228 e. The average molecular weight is 313 g/mol. The lowest BCUT2D eigenvalue weighted by Crippen LogP contribution is -2.36. The molecule has 22 heavy (non-hydrogen) atoms. The molecular weight excluding hydrogens is 294 g/mol. The predicted molar refractivity (Wildman–Crippen MR) is 95.4 cm³/mol. The molecule has 2 aromatic carbocycles. The van der Waals surface area contributed by atoms with Gasteiger partial charge in [-0.1, -0.05) is 32.0 Å². The van der Waals surface area contributed by atoms with E-state index in [-0.39, 0.29) is 11.8 Å². The van der Waals surface area contributed by atoms with E-state index in [0.29, 0.717) is 5.11 Å². The number of hydrogen-bond acceptors (Lipinski definition) is 3. The Morgan fingerprint density at radius 3 is 2.05 bits per heavy atom. The summed E-state index contributed by atoms with van der Waals surface area (Å²) >= 11 is 5.11. The number of anilines is 3. The van der Waals surface area contributed by atoms with Gasteiger partial charge in [0.05, 0.1) is 0 Å². The Labute approximate surface area is 135 Å². The summed E-state index contributed by atoms with van der Waals surface area (Å²) in [5, 5.41) is 9.25. The molecule has 0 saturated carbocycles. The molecule has 114 valence electrons. The van der Waals surface area contributed by atoms with Crippen LogP contribution in [0.2, 0.25) is 0 Å². The van der Waals surface area contributed by atoms with Crippen LogP contribution in [0.25, 0.3) is 0 Å². The molecule has 0 spiro atoms. The fraction of sp³-hybridized carbons (Fsp3) is 0.176. The van der Waals surface area contributed by atoms with Gasteiger partial charge in [0.2, 0.25) is 5.91 Å². The first-order chi connectivity index (χ1) is 10.5. The van der Waals surface area contributed by atoms with Crippen molar-refractivity contribution in [3.63, 3.8) is 0 Å². The topological polar surface area (TPSA) is 53.2 Å². The van der Waals surface area contributed by atoms with Crippen molar-refractivity contribution in [2.45, 2.75) is 13.8 Å². The van der Waals surface area contributed by atoms with E-state index in [0.717, 1.165) is 17.1 Å². The number of carbonyl (C=O) groups is 1. The van der Waals surface area contributed by atoms with Gasteiger partial charge in [-0.3, -0.25) is 4.79 Å². The molecular formula is C17H19N3OS. The summed E-state index contributed by atoms with van der Waals surface area (Å²) in [6, 6.07) is 17.6. The van der Waals surface area contributed by atoms with E-state index in [1.165, 1.54) is 0 Å². The Balaban J connectivity index is 1.92. The van der Waals surface area contributed by atoms with Gasteiger partial charge in [-0.15, -0.1) is 0 Å². The van der Waals surface area contributed by atoms with Gasteiger partial charge in [0.15, 0.2) is 5.11 Å². The number of carbonyl (C=O) groups excluding carboxylic acids is 1. The summed E-state index contributed by atoms with van der Waals surface area (Å²) < 4.78 is 0. The van der Waals surface area contributed by atoms with E-state index in [1.807, 2.05) is 68.4 Å². The Morgan fingerprint density at radius 2 is 1.45 bits per heavy atom. The van der Waals surface area contributed by atoms with E-state index < -0.39 is 0 Å². The summed E-state index contributed by atoms with van der Waals surface area (Å²) in [4.78, 5) is 11.6. The predicted octanol–water partition coefficient (Wildman–Crippen LogP) is 3.90. The van der Waals surface area contributed by atoms with Gasteiger partial charge in [0.1, 0.15) is 0 Å². The molecule has 0 aliphatic carbocycles. The lowest BCUT2D eigenvalue weighted by atomic mass is 10.2. The number of nitrogens with one attached hydrogen (secondary N) is 3. The second kappa shape index (κ2) is 7.56. The van der Waals surface area contributed by atoms with Crippen LogP contribution in [-0.4, -0.2) is 11.0 Å². The third-order valence-electron chi connectivity index (χ3n) is 2.97. The molecule has 2 rings (SSSR count). The normalized spacial score (nSPS) is 10.1. The van der Waals surface area contributed by atoms with Crippen LogP contribution in [0.1, 0.15) is 13.8 Å². The molecule has 0 saturated heterocycles. The van der Waals surface area contributed by atoms with Crippen LogP contribution in [-0.2, 0) is 4.79 Å². The third-order valence-corrected chi connectivity index (χ3v) is 3.17. The zero-order valence-corrected chi connectivity index (χ0v) is 13.4. The van der Waals surface area contributed by atoms with E-state index in [4.69, 9.17) is 12.2 Å². The number of rotatable bonds is 4. The van der Waals surface area contributed by atoms with Crippen molar-refractivity contribution in [1.29, 1.82) is 0 Å². The van der Waals surface area contributed by atoms with Crippen LogP contribution in [0.4, 0.5) is 17.1 Å². The third kappa shape index (κ3) is 4.86. The van der Waals surface area contributed by atoms with Crippen molar-refractivity contribution in [3.05, 3.63) is 54.6 Å². The van der Waals surface area contributed by atoms with Crippen LogP contribution in [0.3, 0.4) is 0 Å². The highest BCUT2D eigenvalue weighted by Gasteiger charge is 2.08. The summed E-state index contributed by atoms with van der Waals surface area (Å²) in [5.74, 6) is -0.197. The van der Waals surface area contributed by atoms with E-state index in [2.05, 4.69) is 16.0 Å². The molecule has 3 N–H and O–H groups in total. The van der Waals surface area contributed by atoms with Gasteiger partial charge in [-0.25, -0.2) is 0 Å².